The summed E-state index contributed by atoms with van der Waals surface area (Å²) in [5.41, 5.74) is 0.965. The Kier molecular flexibility index (Phi) is 11.6. The Morgan fingerprint density at radius 3 is 2.59 bits per heavy atom. The van der Waals surface area contributed by atoms with Crippen LogP contribution < -0.4 is 10.6 Å². The number of nitrogens with zero attached hydrogens (tertiary/aromatic N) is 4. The molecule has 2 saturated heterocycles. The molecule has 0 aromatic heterocycles. The number of unbranched alkanes of at least 4 members (excludes halogenated alkanes) is 3. The van der Waals surface area contributed by atoms with Crippen molar-refractivity contribution in [1.29, 1.82) is 0 Å². The van der Waals surface area contributed by atoms with Gasteiger partial charge >= 0.3 is 12.1 Å². The third-order valence-electron chi connectivity index (χ3n) is 6.97. The van der Waals surface area contributed by atoms with Crippen LogP contribution in [0.15, 0.2) is 43.0 Å². The van der Waals surface area contributed by atoms with Crippen molar-refractivity contribution in [3.05, 3.63) is 48.6 Å². The highest BCUT2D eigenvalue weighted by Gasteiger charge is 2.50. The molecule has 2 aliphatic heterocycles. The number of likely N-dealkylation sites (N-methyl/N-ethyl adjacent to an activating group) is 1. The lowest BCUT2D eigenvalue weighted by molar-refractivity contribution is -0.187. The van der Waals surface area contributed by atoms with Crippen LogP contribution in [-0.4, -0.2) is 95.8 Å². The summed E-state index contributed by atoms with van der Waals surface area (Å²) in [5, 5.41) is 8.82. The Morgan fingerprint density at radius 1 is 1.10 bits per heavy atom. The quantitative estimate of drug-likeness (QED) is 0.293. The van der Waals surface area contributed by atoms with Crippen molar-refractivity contribution < 1.29 is 23.9 Å². The van der Waals surface area contributed by atoms with Crippen LogP contribution in [0.25, 0.3) is 0 Å². The molecule has 1 unspecified atom stereocenters. The number of nitrogens with one attached hydrogen (secondary N) is 2. The second kappa shape index (κ2) is 15.1. The van der Waals surface area contributed by atoms with Crippen molar-refractivity contribution in [2.24, 2.45) is 0 Å². The minimum absolute atomic E-state index is 0.0122. The van der Waals surface area contributed by atoms with Crippen LogP contribution in [0.3, 0.4) is 0 Å². The predicted molar refractivity (Wildman–Crippen MR) is 147 cm³/mol. The van der Waals surface area contributed by atoms with Crippen LogP contribution >= 0.6 is 0 Å². The number of piperazine rings is 1. The number of hydrogen-bond donors (Lipinski definition) is 2. The number of hydrogen-bond acceptors (Lipinski definition) is 6. The van der Waals surface area contributed by atoms with Gasteiger partial charge in [-0.25, -0.2) is 19.6 Å². The van der Waals surface area contributed by atoms with Crippen LogP contribution in [0.1, 0.15) is 51.0 Å². The average Bonchev–Trinajstić information content (AvgIpc) is 2.93. The molecule has 0 bridgehead atoms. The van der Waals surface area contributed by atoms with E-state index in [-0.39, 0.29) is 37.5 Å². The van der Waals surface area contributed by atoms with Gasteiger partial charge in [0, 0.05) is 26.7 Å². The van der Waals surface area contributed by atoms with E-state index in [1.807, 2.05) is 30.3 Å². The second-order valence-corrected chi connectivity index (χ2v) is 9.90. The predicted octanol–water partition coefficient (Wildman–Crippen LogP) is 2.70. The van der Waals surface area contributed by atoms with Gasteiger partial charge in [-0.05, 0) is 24.8 Å². The summed E-state index contributed by atoms with van der Waals surface area (Å²) in [6.45, 7) is 7.22. The Hall–Kier alpha value is -3.60. The van der Waals surface area contributed by atoms with E-state index in [0.29, 0.717) is 32.5 Å². The maximum atomic E-state index is 13.6. The zero-order chi connectivity index (χ0) is 28.2. The van der Waals surface area contributed by atoms with Crippen molar-refractivity contribution in [1.82, 2.24) is 30.5 Å². The number of hydrazine groups is 1. The van der Waals surface area contributed by atoms with E-state index in [2.05, 4.69) is 24.1 Å². The van der Waals surface area contributed by atoms with Gasteiger partial charge in [0.05, 0.1) is 13.1 Å². The third kappa shape index (κ3) is 8.19. The van der Waals surface area contributed by atoms with E-state index < -0.39 is 18.3 Å². The third-order valence-corrected chi connectivity index (χ3v) is 6.97. The molecule has 11 nitrogen and oxygen atoms in total. The van der Waals surface area contributed by atoms with E-state index in [9.17, 15) is 19.2 Å². The van der Waals surface area contributed by atoms with E-state index >= 15 is 0 Å². The van der Waals surface area contributed by atoms with E-state index in [4.69, 9.17) is 4.74 Å². The van der Waals surface area contributed by atoms with Gasteiger partial charge in [-0.2, -0.15) is 0 Å². The summed E-state index contributed by atoms with van der Waals surface area (Å²) >= 11 is 0. The SMILES string of the molecule is C=CCOC(=O)NCCCC1C(=O)N(CCCCCC)C[C@H]2N1C(=O)CN(C)N2C(=O)NCc1ccccc1. The zero-order valence-electron chi connectivity index (χ0n) is 23.1. The molecule has 1 aromatic rings. The van der Waals surface area contributed by atoms with Crippen molar-refractivity contribution in [3.8, 4) is 0 Å². The monoisotopic (exact) mass is 542 g/mol. The second-order valence-electron chi connectivity index (χ2n) is 9.90. The highest BCUT2D eigenvalue weighted by Crippen LogP contribution is 2.28. The van der Waals surface area contributed by atoms with E-state index in [1.54, 1.807) is 26.9 Å². The molecule has 0 aliphatic carbocycles. The molecule has 0 spiro atoms. The first-order valence-electron chi connectivity index (χ1n) is 13.8. The summed E-state index contributed by atoms with van der Waals surface area (Å²) in [5.74, 6) is -0.309. The lowest BCUT2D eigenvalue weighted by atomic mass is 10.0. The van der Waals surface area contributed by atoms with Gasteiger partial charge in [0.2, 0.25) is 11.8 Å². The molecule has 2 heterocycles. The molecule has 11 heteroatoms. The zero-order valence-corrected chi connectivity index (χ0v) is 23.1. The normalized spacial score (nSPS) is 19.5. The first-order chi connectivity index (χ1) is 18.9. The summed E-state index contributed by atoms with van der Waals surface area (Å²) in [6, 6.07) is 8.57. The summed E-state index contributed by atoms with van der Waals surface area (Å²) in [6.07, 6.45) is 5.18. The van der Waals surface area contributed by atoms with Gasteiger partial charge in [0.15, 0.2) is 0 Å². The molecular formula is C28H42N6O5. The molecule has 3 rings (SSSR count). The van der Waals surface area contributed by atoms with Gasteiger partial charge < -0.3 is 25.2 Å². The van der Waals surface area contributed by atoms with Gasteiger partial charge in [-0.3, -0.25) is 9.59 Å². The fourth-order valence-electron chi connectivity index (χ4n) is 5.04. The maximum Gasteiger partial charge on any atom is 0.407 e. The number of alkyl carbamates (subject to hydrolysis) is 1. The highest BCUT2D eigenvalue weighted by atomic mass is 16.5. The first-order valence-corrected chi connectivity index (χ1v) is 13.8. The van der Waals surface area contributed by atoms with Gasteiger partial charge in [0.25, 0.3) is 0 Å². The van der Waals surface area contributed by atoms with Gasteiger partial charge in [-0.1, -0.05) is 69.2 Å². The number of fused-ring (bicyclic) bond motifs is 1. The van der Waals surface area contributed by atoms with Crippen LogP contribution in [0.5, 0.6) is 0 Å². The molecule has 1 aromatic carbocycles. The van der Waals surface area contributed by atoms with Crippen LogP contribution in [0.2, 0.25) is 0 Å². The number of ether oxygens (including phenoxy) is 1. The van der Waals surface area contributed by atoms with E-state index in [1.165, 1.54) is 6.08 Å². The van der Waals surface area contributed by atoms with Crippen molar-refractivity contribution in [2.75, 3.05) is 39.8 Å². The average molecular weight is 543 g/mol. The largest absolute Gasteiger partial charge is 0.445 e. The smallest absolute Gasteiger partial charge is 0.407 e. The lowest BCUT2D eigenvalue weighted by Crippen LogP contribution is -2.76. The van der Waals surface area contributed by atoms with E-state index in [0.717, 1.165) is 31.2 Å². The highest BCUT2D eigenvalue weighted by molar-refractivity contribution is 5.91. The Labute approximate surface area is 231 Å². The molecular weight excluding hydrogens is 500 g/mol. The van der Waals surface area contributed by atoms with Crippen molar-refractivity contribution in [3.63, 3.8) is 0 Å². The number of benzene rings is 1. The number of urea groups is 1. The summed E-state index contributed by atoms with van der Waals surface area (Å²) in [7, 11) is 1.72. The molecule has 0 radical (unpaired) electrons. The Bertz CT molecular complexity index is 990. The molecule has 0 saturated carbocycles. The van der Waals surface area contributed by atoms with Gasteiger partial charge in [-0.15, -0.1) is 0 Å². The van der Waals surface area contributed by atoms with Crippen LogP contribution in [-0.2, 0) is 20.9 Å². The fourth-order valence-corrected chi connectivity index (χ4v) is 5.04. The first kappa shape index (κ1) is 29.9. The molecule has 2 atom stereocenters. The van der Waals surface area contributed by atoms with Crippen molar-refractivity contribution >= 4 is 23.9 Å². The minimum Gasteiger partial charge on any atom is -0.445 e. The van der Waals surface area contributed by atoms with Crippen molar-refractivity contribution in [2.45, 2.75) is 64.2 Å². The number of rotatable bonds is 13. The summed E-state index contributed by atoms with van der Waals surface area (Å²) in [4.78, 5) is 55.4. The van der Waals surface area contributed by atoms with Crippen LogP contribution in [0.4, 0.5) is 9.59 Å². The molecule has 5 amide bonds. The number of carbonyl (C=O) groups is 4. The standard InChI is InChI=1S/C28H42N6O5/c1-4-6-7-11-17-32-20-24-33(23(26(32)36)15-12-16-29-28(38)39-18-5-2)25(35)21-31(3)34(24)27(37)30-19-22-13-9-8-10-14-22/h5,8-10,13-14,23-24H,2,4,6-7,11-12,15-21H2,1,3H3,(H,29,38)(H,30,37)/t23?,24-/m0/s1. The molecule has 2 fully saturated rings. The Balaban J connectivity index is 1.74. The topological polar surface area (TPSA) is 115 Å². The maximum absolute atomic E-state index is 13.6. The summed E-state index contributed by atoms with van der Waals surface area (Å²) < 4.78 is 4.93. The molecule has 214 valence electrons. The number of carbonyl (C=O) groups excluding carboxylic acids is 4. The lowest BCUT2D eigenvalue weighted by Gasteiger charge is -2.54. The molecule has 39 heavy (non-hydrogen) atoms. The molecule has 2 aliphatic rings. The Morgan fingerprint density at radius 2 is 1.87 bits per heavy atom. The molecule has 2 N–H and O–H groups in total. The number of amides is 5. The van der Waals surface area contributed by atoms with Gasteiger partial charge in [0.1, 0.15) is 18.8 Å². The van der Waals surface area contributed by atoms with Crippen LogP contribution in [0, 0.1) is 0 Å². The fraction of sp³-hybridized carbons (Fsp3) is 0.571. The minimum atomic E-state index is -0.716.